The van der Waals surface area contributed by atoms with Gasteiger partial charge in [0.1, 0.15) is 0 Å². The van der Waals surface area contributed by atoms with E-state index in [0.29, 0.717) is 11.5 Å². The van der Waals surface area contributed by atoms with E-state index in [1.54, 1.807) is 24.3 Å². The van der Waals surface area contributed by atoms with Gasteiger partial charge in [-0.3, -0.25) is 4.79 Å². The van der Waals surface area contributed by atoms with Crippen molar-refractivity contribution >= 4 is 12.0 Å². The Bertz CT molecular complexity index is 469. The normalized spacial score (nSPS) is 22.4. The summed E-state index contributed by atoms with van der Waals surface area (Å²) in [4.78, 5) is 23.0. The zero-order chi connectivity index (χ0) is 14.5. The molecule has 0 heterocycles. The van der Waals surface area contributed by atoms with E-state index >= 15 is 0 Å². The highest BCUT2D eigenvalue weighted by atomic mass is 16.4. The third-order valence-corrected chi connectivity index (χ3v) is 3.68. The molecule has 0 spiro atoms. The van der Waals surface area contributed by atoms with Gasteiger partial charge in [0.25, 0.3) is 0 Å². The average Bonchev–Trinajstić information content (AvgIpc) is 2.38. The Hall–Kier alpha value is -2.04. The summed E-state index contributed by atoms with van der Waals surface area (Å²) in [6.45, 7) is 2.24. The van der Waals surface area contributed by atoms with Crippen molar-refractivity contribution in [1.29, 1.82) is 0 Å². The van der Waals surface area contributed by atoms with Crippen LogP contribution in [0, 0.1) is 5.92 Å². The van der Waals surface area contributed by atoms with E-state index in [9.17, 15) is 14.7 Å². The Morgan fingerprint density at radius 2 is 1.95 bits per heavy atom. The van der Waals surface area contributed by atoms with E-state index in [2.05, 4.69) is 17.6 Å². The smallest absolute Gasteiger partial charge is 0.315 e. The molecule has 2 rings (SSSR count). The topological polar surface area (TPSA) is 78.4 Å². The Morgan fingerprint density at radius 3 is 2.50 bits per heavy atom. The molecule has 5 heteroatoms. The van der Waals surface area contributed by atoms with Crippen LogP contribution in [-0.4, -0.2) is 29.7 Å². The first-order valence-electron chi connectivity index (χ1n) is 6.88. The van der Waals surface area contributed by atoms with E-state index in [1.165, 1.54) is 0 Å². The molecule has 108 valence electrons. The van der Waals surface area contributed by atoms with E-state index in [0.717, 1.165) is 12.8 Å². The molecular weight excluding hydrogens is 256 g/mol. The fourth-order valence-electron chi connectivity index (χ4n) is 2.48. The standard InChI is InChI=1S/C15H20N2O3/c1-10-7-12(8-10)17-15(20)16-9-13(14(18)19)11-5-3-2-4-6-11/h2-6,10,12-13H,7-9H2,1H3,(H,18,19)(H2,16,17,20). The number of urea groups is 1. The lowest BCUT2D eigenvalue weighted by atomic mass is 9.82. The van der Waals surface area contributed by atoms with Gasteiger partial charge in [0.2, 0.25) is 0 Å². The number of hydrogen-bond acceptors (Lipinski definition) is 2. The zero-order valence-electron chi connectivity index (χ0n) is 11.5. The maximum Gasteiger partial charge on any atom is 0.315 e. The van der Waals surface area contributed by atoms with Gasteiger partial charge in [-0.1, -0.05) is 37.3 Å². The van der Waals surface area contributed by atoms with Gasteiger partial charge in [-0.05, 0) is 24.3 Å². The van der Waals surface area contributed by atoms with Crippen LogP contribution in [0.1, 0.15) is 31.2 Å². The van der Waals surface area contributed by atoms with Crippen LogP contribution in [0.5, 0.6) is 0 Å². The minimum atomic E-state index is -0.936. The maximum atomic E-state index is 11.7. The van der Waals surface area contributed by atoms with Crippen LogP contribution in [0.3, 0.4) is 0 Å². The second-order valence-electron chi connectivity index (χ2n) is 5.43. The number of benzene rings is 1. The maximum absolute atomic E-state index is 11.7. The largest absolute Gasteiger partial charge is 0.481 e. The SMILES string of the molecule is CC1CC(NC(=O)NCC(C(=O)O)c2ccccc2)C1. The highest BCUT2D eigenvalue weighted by Gasteiger charge is 2.27. The fraction of sp³-hybridized carbons (Fsp3) is 0.467. The Labute approximate surface area is 118 Å². The summed E-state index contributed by atoms with van der Waals surface area (Å²) < 4.78 is 0. The molecule has 20 heavy (non-hydrogen) atoms. The molecule has 0 aromatic heterocycles. The molecule has 0 bridgehead atoms. The number of nitrogens with one attached hydrogen (secondary N) is 2. The minimum Gasteiger partial charge on any atom is -0.481 e. The van der Waals surface area contributed by atoms with Crippen molar-refractivity contribution < 1.29 is 14.7 Å². The molecule has 1 saturated carbocycles. The molecule has 1 fully saturated rings. The third kappa shape index (κ3) is 3.73. The Balaban J connectivity index is 1.83. The predicted octanol–water partition coefficient (Wildman–Crippen LogP) is 1.95. The summed E-state index contributed by atoms with van der Waals surface area (Å²) in [5.41, 5.74) is 0.692. The van der Waals surface area contributed by atoms with Crippen molar-refractivity contribution in [2.75, 3.05) is 6.54 Å². The summed E-state index contributed by atoms with van der Waals surface area (Å²) in [6.07, 6.45) is 1.99. The molecule has 1 atom stereocenters. The van der Waals surface area contributed by atoms with Crippen molar-refractivity contribution in [3.8, 4) is 0 Å². The number of hydrogen-bond donors (Lipinski definition) is 3. The first-order chi connectivity index (χ1) is 9.56. The molecule has 0 radical (unpaired) electrons. The summed E-state index contributed by atoms with van der Waals surface area (Å²) in [7, 11) is 0. The van der Waals surface area contributed by atoms with Crippen LogP contribution < -0.4 is 10.6 Å². The third-order valence-electron chi connectivity index (χ3n) is 3.68. The van der Waals surface area contributed by atoms with Crippen LogP contribution >= 0.6 is 0 Å². The van der Waals surface area contributed by atoms with E-state index in [1.807, 2.05) is 6.07 Å². The van der Waals surface area contributed by atoms with Gasteiger partial charge in [-0.25, -0.2) is 4.79 Å². The van der Waals surface area contributed by atoms with E-state index < -0.39 is 11.9 Å². The Kier molecular flexibility index (Phi) is 4.61. The van der Waals surface area contributed by atoms with Crippen molar-refractivity contribution in [3.05, 3.63) is 35.9 Å². The van der Waals surface area contributed by atoms with Gasteiger partial charge in [-0.2, -0.15) is 0 Å². The highest BCUT2D eigenvalue weighted by molar-refractivity contribution is 5.79. The van der Waals surface area contributed by atoms with Crippen LogP contribution in [0.25, 0.3) is 0 Å². The summed E-state index contributed by atoms with van der Waals surface area (Å²) in [6, 6.07) is 8.87. The molecule has 0 saturated heterocycles. The number of amides is 2. The minimum absolute atomic E-state index is 0.0907. The zero-order valence-corrected chi connectivity index (χ0v) is 11.5. The van der Waals surface area contributed by atoms with Gasteiger partial charge >= 0.3 is 12.0 Å². The number of rotatable bonds is 5. The predicted molar refractivity (Wildman–Crippen MR) is 75.5 cm³/mol. The molecule has 5 nitrogen and oxygen atoms in total. The number of carbonyl (C=O) groups excluding carboxylic acids is 1. The number of carboxylic acid groups (broad SMARTS) is 1. The molecule has 1 aliphatic rings. The van der Waals surface area contributed by atoms with Crippen LogP contribution in [-0.2, 0) is 4.79 Å². The monoisotopic (exact) mass is 276 g/mol. The lowest BCUT2D eigenvalue weighted by Crippen LogP contribution is -2.48. The van der Waals surface area contributed by atoms with E-state index in [-0.39, 0.29) is 18.6 Å². The van der Waals surface area contributed by atoms with Crippen LogP contribution in [0.15, 0.2) is 30.3 Å². The molecule has 3 N–H and O–H groups in total. The summed E-state index contributed by atoms with van der Waals surface area (Å²) >= 11 is 0. The number of carbonyl (C=O) groups is 2. The summed E-state index contributed by atoms with van der Waals surface area (Å²) in [5.74, 6) is -0.993. The van der Waals surface area contributed by atoms with Crippen molar-refractivity contribution in [3.63, 3.8) is 0 Å². The van der Waals surface area contributed by atoms with Crippen LogP contribution in [0.4, 0.5) is 4.79 Å². The average molecular weight is 276 g/mol. The second-order valence-corrected chi connectivity index (χ2v) is 5.43. The second kappa shape index (κ2) is 6.41. The van der Waals surface area contributed by atoms with Crippen molar-refractivity contribution in [1.82, 2.24) is 10.6 Å². The van der Waals surface area contributed by atoms with Crippen molar-refractivity contribution in [2.45, 2.75) is 31.7 Å². The molecule has 0 aliphatic heterocycles. The molecule has 2 amide bonds. The van der Waals surface area contributed by atoms with Gasteiger partial charge in [0.15, 0.2) is 0 Å². The highest BCUT2D eigenvalue weighted by Crippen LogP contribution is 2.26. The lowest BCUT2D eigenvalue weighted by Gasteiger charge is -2.33. The molecule has 1 aliphatic carbocycles. The van der Waals surface area contributed by atoms with E-state index in [4.69, 9.17) is 0 Å². The Morgan fingerprint density at radius 1 is 1.30 bits per heavy atom. The first-order valence-corrected chi connectivity index (χ1v) is 6.88. The molecule has 1 unspecified atom stereocenters. The number of aliphatic carboxylic acids is 1. The first kappa shape index (κ1) is 14.4. The van der Waals surface area contributed by atoms with Gasteiger partial charge in [0, 0.05) is 12.6 Å². The lowest BCUT2D eigenvalue weighted by molar-refractivity contribution is -0.138. The van der Waals surface area contributed by atoms with Gasteiger partial charge < -0.3 is 15.7 Å². The summed E-state index contributed by atoms with van der Waals surface area (Å²) in [5, 5.41) is 14.7. The quantitative estimate of drug-likeness (QED) is 0.769. The molecule has 1 aromatic carbocycles. The molecule has 1 aromatic rings. The molecular formula is C15H20N2O3. The van der Waals surface area contributed by atoms with Gasteiger partial charge in [-0.15, -0.1) is 0 Å². The number of carboxylic acids is 1. The van der Waals surface area contributed by atoms with Gasteiger partial charge in [0.05, 0.1) is 5.92 Å². The fourth-order valence-corrected chi connectivity index (χ4v) is 2.48. The van der Waals surface area contributed by atoms with Crippen LogP contribution in [0.2, 0.25) is 0 Å². The van der Waals surface area contributed by atoms with Crippen molar-refractivity contribution in [2.24, 2.45) is 5.92 Å².